The Labute approximate surface area is 145 Å². The van der Waals surface area contributed by atoms with Gasteiger partial charge in [0.15, 0.2) is 6.61 Å². The van der Waals surface area contributed by atoms with Gasteiger partial charge in [0.1, 0.15) is 0 Å². The molecule has 8 nitrogen and oxygen atoms in total. The van der Waals surface area contributed by atoms with Crippen molar-refractivity contribution in [2.75, 3.05) is 0 Å². The van der Waals surface area contributed by atoms with E-state index in [1.165, 1.54) is 41.7 Å². The van der Waals surface area contributed by atoms with Gasteiger partial charge in [-0.3, -0.25) is 10.1 Å². The zero-order valence-electron chi connectivity index (χ0n) is 12.7. The van der Waals surface area contributed by atoms with Gasteiger partial charge in [0.05, 0.1) is 9.80 Å². The maximum Gasteiger partial charge on any atom is 0.331 e. The fraction of sp³-hybridized carbons (Fsp3) is 0.0625. The molecule has 0 radical (unpaired) electrons. The van der Waals surface area contributed by atoms with Crippen molar-refractivity contribution in [3.63, 3.8) is 0 Å². The third-order valence-electron chi connectivity index (χ3n) is 3.04. The highest BCUT2D eigenvalue weighted by Gasteiger charge is 2.11. The van der Waals surface area contributed by atoms with Crippen LogP contribution in [0.15, 0.2) is 52.4 Å². The molecule has 9 heteroatoms. The number of carbonyl (C=O) groups excluding carboxylic acids is 1. The van der Waals surface area contributed by atoms with Crippen LogP contribution >= 0.6 is 11.3 Å². The number of carbonyl (C=O) groups is 1. The lowest BCUT2D eigenvalue weighted by Gasteiger charge is -1.97. The summed E-state index contributed by atoms with van der Waals surface area (Å²) >= 11 is 1.47. The first-order valence-electron chi connectivity index (χ1n) is 7.07. The molecule has 0 aliphatic carbocycles. The SMILES string of the molecule is O=C(/C=C/c1cccc([N+](=O)[O-])c1)OCc1nc(-c2cccs2)no1. The molecule has 2 heterocycles. The molecule has 3 rings (SSSR count). The van der Waals surface area contributed by atoms with E-state index in [0.29, 0.717) is 11.4 Å². The normalized spacial score (nSPS) is 10.9. The van der Waals surface area contributed by atoms with E-state index >= 15 is 0 Å². The summed E-state index contributed by atoms with van der Waals surface area (Å²) in [5.41, 5.74) is 0.464. The zero-order valence-corrected chi connectivity index (χ0v) is 13.5. The summed E-state index contributed by atoms with van der Waals surface area (Å²) < 4.78 is 10.0. The van der Waals surface area contributed by atoms with Gasteiger partial charge in [-0.1, -0.05) is 23.4 Å². The van der Waals surface area contributed by atoms with Crippen LogP contribution in [0.25, 0.3) is 16.8 Å². The van der Waals surface area contributed by atoms with Crippen molar-refractivity contribution in [2.45, 2.75) is 6.61 Å². The molecule has 0 N–H and O–H groups in total. The van der Waals surface area contributed by atoms with Crippen LogP contribution in [-0.2, 0) is 16.1 Å². The number of thiophene rings is 1. The molecule has 0 amide bonds. The highest BCUT2D eigenvalue weighted by molar-refractivity contribution is 7.13. The number of benzene rings is 1. The van der Waals surface area contributed by atoms with Crippen LogP contribution in [-0.4, -0.2) is 21.0 Å². The number of non-ortho nitro benzene ring substituents is 1. The number of aromatic nitrogens is 2. The van der Waals surface area contributed by atoms with Gasteiger partial charge in [-0.25, -0.2) is 4.79 Å². The first-order chi connectivity index (χ1) is 12.1. The van der Waals surface area contributed by atoms with Gasteiger partial charge < -0.3 is 9.26 Å². The monoisotopic (exact) mass is 357 g/mol. The van der Waals surface area contributed by atoms with Gasteiger partial charge in [0.25, 0.3) is 11.6 Å². The third kappa shape index (κ3) is 4.36. The summed E-state index contributed by atoms with van der Waals surface area (Å²) in [6.45, 7) is -0.156. The van der Waals surface area contributed by atoms with E-state index in [2.05, 4.69) is 10.1 Å². The molecule has 0 saturated carbocycles. The molecule has 2 aromatic heterocycles. The molecule has 0 spiro atoms. The van der Waals surface area contributed by atoms with Crippen molar-refractivity contribution in [3.8, 4) is 10.7 Å². The predicted molar refractivity (Wildman–Crippen MR) is 89.5 cm³/mol. The van der Waals surface area contributed by atoms with Gasteiger partial charge in [0, 0.05) is 18.2 Å². The van der Waals surface area contributed by atoms with Crippen LogP contribution in [0.1, 0.15) is 11.5 Å². The maximum absolute atomic E-state index is 11.7. The fourth-order valence-electron chi connectivity index (χ4n) is 1.91. The first-order valence-corrected chi connectivity index (χ1v) is 7.95. The van der Waals surface area contributed by atoms with E-state index in [1.54, 1.807) is 6.07 Å². The Morgan fingerprint density at radius 1 is 1.36 bits per heavy atom. The average molecular weight is 357 g/mol. The standard InChI is InChI=1S/C16H11N3O5S/c20-15(7-6-11-3-1-4-12(9-11)19(21)22)23-10-14-17-16(18-24-14)13-5-2-8-25-13/h1-9H,10H2/b7-6+. The van der Waals surface area contributed by atoms with E-state index in [0.717, 1.165) is 4.88 Å². The molecular formula is C16H11N3O5S. The van der Waals surface area contributed by atoms with E-state index in [1.807, 2.05) is 17.5 Å². The Hall–Kier alpha value is -3.33. The molecule has 0 atom stereocenters. The van der Waals surface area contributed by atoms with Gasteiger partial charge in [-0.05, 0) is 23.1 Å². The van der Waals surface area contributed by atoms with Crippen molar-refractivity contribution >= 4 is 29.1 Å². The van der Waals surface area contributed by atoms with E-state index in [-0.39, 0.29) is 18.2 Å². The highest BCUT2D eigenvalue weighted by Crippen LogP contribution is 2.21. The van der Waals surface area contributed by atoms with Crippen LogP contribution in [0.2, 0.25) is 0 Å². The second-order valence-corrected chi connectivity index (χ2v) is 5.73. The van der Waals surface area contributed by atoms with Gasteiger partial charge in [0.2, 0.25) is 5.82 Å². The Morgan fingerprint density at radius 2 is 2.24 bits per heavy atom. The lowest BCUT2D eigenvalue weighted by atomic mass is 10.2. The molecular weight excluding hydrogens is 346 g/mol. The smallest absolute Gasteiger partial charge is 0.331 e. The summed E-state index contributed by atoms with van der Waals surface area (Å²) in [6.07, 6.45) is 2.61. The minimum Gasteiger partial charge on any atom is -0.452 e. The fourth-order valence-corrected chi connectivity index (χ4v) is 2.56. The highest BCUT2D eigenvalue weighted by atomic mass is 32.1. The molecule has 1 aromatic carbocycles. The van der Waals surface area contributed by atoms with Crippen molar-refractivity contribution in [3.05, 3.63) is 69.4 Å². The lowest BCUT2D eigenvalue weighted by Crippen LogP contribution is -2.01. The topological polar surface area (TPSA) is 108 Å². The average Bonchev–Trinajstić information content (AvgIpc) is 3.29. The van der Waals surface area contributed by atoms with Crippen LogP contribution in [0.3, 0.4) is 0 Å². The second kappa shape index (κ2) is 7.49. The number of hydrogen-bond donors (Lipinski definition) is 0. The van der Waals surface area contributed by atoms with Gasteiger partial charge in [-0.2, -0.15) is 4.98 Å². The second-order valence-electron chi connectivity index (χ2n) is 4.78. The number of esters is 1. The minimum absolute atomic E-state index is 0.0533. The van der Waals surface area contributed by atoms with Crippen LogP contribution < -0.4 is 0 Å². The van der Waals surface area contributed by atoms with E-state index < -0.39 is 10.9 Å². The number of nitro benzene ring substituents is 1. The minimum atomic E-state index is -0.623. The van der Waals surface area contributed by atoms with Crippen molar-refractivity contribution < 1.29 is 19.0 Å². The number of nitro groups is 1. The molecule has 0 aliphatic heterocycles. The van der Waals surface area contributed by atoms with Crippen LogP contribution in [0.5, 0.6) is 0 Å². The summed E-state index contributed by atoms with van der Waals surface area (Å²) in [6, 6.07) is 9.63. The van der Waals surface area contributed by atoms with Gasteiger partial charge in [-0.15, -0.1) is 11.3 Å². The van der Waals surface area contributed by atoms with Gasteiger partial charge >= 0.3 is 5.97 Å². The molecule has 126 valence electrons. The zero-order chi connectivity index (χ0) is 17.6. The largest absolute Gasteiger partial charge is 0.452 e. The summed E-state index contributed by atoms with van der Waals surface area (Å²) in [5.74, 6) is -0.00364. The van der Waals surface area contributed by atoms with Crippen molar-refractivity contribution in [1.29, 1.82) is 0 Å². The quantitative estimate of drug-likeness (QED) is 0.288. The molecule has 0 bridgehead atoms. The van der Waals surface area contributed by atoms with Crippen LogP contribution in [0, 0.1) is 10.1 Å². The summed E-state index contributed by atoms with van der Waals surface area (Å²) in [5, 5.41) is 16.4. The van der Waals surface area contributed by atoms with Crippen LogP contribution in [0.4, 0.5) is 5.69 Å². The number of rotatable bonds is 6. The predicted octanol–water partition coefficient (Wildman–Crippen LogP) is 3.46. The number of hydrogen-bond acceptors (Lipinski definition) is 8. The molecule has 3 aromatic rings. The Morgan fingerprint density at radius 3 is 3.00 bits per heavy atom. The molecule has 0 unspecified atom stereocenters. The molecule has 0 saturated heterocycles. The Kier molecular flexibility index (Phi) is 4.95. The molecule has 0 aliphatic rings. The Balaban J connectivity index is 1.56. The summed E-state index contributed by atoms with van der Waals surface area (Å²) in [4.78, 5) is 26.9. The maximum atomic E-state index is 11.7. The van der Waals surface area contributed by atoms with E-state index in [9.17, 15) is 14.9 Å². The Bertz CT molecular complexity index is 918. The molecule has 0 fully saturated rings. The van der Waals surface area contributed by atoms with Crippen molar-refractivity contribution in [1.82, 2.24) is 10.1 Å². The van der Waals surface area contributed by atoms with Crippen molar-refractivity contribution in [2.24, 2.45) is 0 Å². The third-order valence-corrected chi connectivity index (χ3v) is 3.91. The summed E-state index contributed by atoms with van der Waals surface area (Å²) in [7, 11) is 0. The number of nitrogens with zero attached hydrogens (tertiary/aromatic N) is 3. The number of ether oxygens (including phenoxy) is 1. The van der Waals surface area contributed by atoms with E-state index in [4.69, 9.17) is 9.26 Å². The first kappa shape index (κ1) is 16.5. The lowest BCUT2D eigenvalue weighted by molar-refractivity contribution is -0.384. The molecule has 25 heavy (non-hydrogen) atoms.